The summed E-state index contributed by atoms with van der Waals surface area (Å²) in [5.74, 6) is 1.34. The second-order valence-corrected chi connectivity index (χ2v) is 6.13. The zero-order chi connectivity index (χ0) is 16.5. The second-order valence-electron chi connectivity index (χ2n) is 6.13. The minimum absolute atomic E-state index is 0.239. The lowest BCUT2D eigenvalue weighted by Gasteiger charge is -2.23. The van der Waals surface area contributed by atoms with Crippen LogP contribution < -0.4 is 16.6 Å². The molecule has 3 aromatic rings. The van der Waals surface area contributed by atoms with Crippen LogP contribution in [0.4, 0.5) is 5.82 Å². The van der Waals surface area contributed by atoms with Gasteiger partial charge in [0.2, 0.25) is 0 Å². The van der Waals surface area contributed by atoms with Crippen LogP contribution in [0.3, 0.4) is 0 Å². The molecule has 8 heteroatoms. The first-order valence-electron chi connectivity index (χ1n) is 8.14. The minimum atomic E-state index is -0.573. The number of nitrogens with zero attached hydrogens (tertiary/aromatic N) is 2. The normalized spacial score (nSPS) is 15.7. The van der Waals surface area contributed by atoms with E-state index in [4.69, 9.17) is 0 Å². The average Bonchev–Trinajstić information content (AvgIpc) is 3.01. The van der Waals surface area contributed by atoms with Gasteiger partial charge in [0, 0.05) is 17.8 Å². The van der Waals surface area contributed by atoms with E-state index in [2.05, 4.69) is 30.2 Å². The third-order valence-electron chi connectivity index (χ3n) is 4.38. The van der Waals surface area contributed by atoms with Crippen LogP contribution in [0.15, 0.2) is 27.9 Å². The predicted octanol–water partition coefficient (Wildman–Crippen LogP) is 1.75. The number of H-pyrrole nitrogens is 3. The monoisotopic (exact) mass is 326 g/mol. The molecule has 8 nitrogen and oxygen atoms in total. The zero-order valence-corrected chi connectivity index (χ0v) is 13.1. The number of hydrogen-bond acceptors (Lipinski definition) is 5. The van der Waals surface area contributed by atoms with Crippen molar-refractivity contribution < 1.29 is 0 Å². The Hall–Kier alpha value is -2.90. The Morgan fingerprint density at radius 3 is 2.62 bits per heavy atom. The van der Waals surface area contributed by atoms with Crippen LogP contribution in [-0.2, 0) is 0 Å². The van der Waals surface area contributed by atoms with Crippen LogP contribution in [0.5, 0.6) is 0 Å². The molecule has 1 fully saturated rings. The van der Waals surface area contributed by atoms with Crippen molar-refractivity contribution in [1.29, 1.82) is 0 Å². The van der Waals surface area contributed by atoms with Crippen LogP contribution in [0.1, 0.15) is 32.1 Å². The lowest BCUT2D eigenvalue weighted by molar-refractivity contribution is 0.462. The van der Waals surface area contributed by atoms with Gasteiger partial charge < -0.3 is 10.3 Å². The van der Waals surface area contributed by atoms with Gasteiger partial charge in [-0.3, -0.25) is 14.8 Å². The molecular weight excluding hydrogens is 308 g/mol. The van der Waals surface area contributed by atoms with Crippen molar-refractivity contribution >= 4 is 17.0 Å². The first kappa shape index (κ1) is 14.7. The third-order valence-corrected chi connectivity index (χ3v) is 4.38. The fourth-order valence-electron chi connectivity index (χ4n) is 3.14. The van der Waals surface area contributed by atoms with E-state index < -0.39 is 11.2 Å². The molecule has 0 saturated heterocycles. The Bertz CT molecular complexity index is 963. The average molecular weight is 326 g/mol. The Kier molecular flexibility index (Phi) is 3.64. The van der Waals surface area contributed by atoms with Crippen LogP contribution >= 0.6 is 0 Å². The molecule has 0 unspecified atom stereocenters. The van der Waals surface area contributed by atoms with Crippen molar-refractivity contribution in [2.24, 2.45) is 0 Å². The number of imidazole rings is 1. The van der Waals surface area contributed by atoms with E-state index in [-0.39, 0.29) is 11.2 Å². The molecule has 1 aliphatic rings. The van der Waals surface area contributed by atoms with Gasteiger partial charge >= 0.3 is 5.69 Å². The van der Waals surface area contributed by atoms with Gasteiger partial charge in [-0.05, 0) is 25.0 Å². The molecule has 0 amide bonds. The number of aromatic nitrogens is 5. The summed E-state index contributed by atoms with van der Waals surface area (Å²) in [6.45, 7) is 0. The van der Waals surface area contributed by atoms with Crippen molar-refractivity contribution in [1.82, 2.24) is 24.9 Å². The van der Waals surface area contributed by atoms with Crippen LogP contribution in [0.2, 0.25) is 0 Å². The van der Waals surface area contributed by atoms with E-state index in [0.717, 1.165) is 11.4 Å². The van der Waals surface area contributed by atoms with Gasteiger partial charge in [0.25, 0.3) is 5.56 Å². The van der Waals surface area contributed by atoms with E-state index in [1.54, 1.807) is 6.20 Å². The summed E-state index contributed by atoms with van der Waals surface area (Å²) >= 11 is 0. The molecule has 124 valence electrons. The Balaban J connectivity index is 1.59. The topological polar surface area (TPSA) is 119 Å². The lowest BCUT2D eigenvalue weighted by Crippen LogP contribution is -2.22. The fourth-order valence-corrected chi connectivity index (χ4v) is 3.14. The molecule has 0 aromatic carbocycles. The molecular formula is C16H18N6O2. The minimum Gasteiger partial charge on any atom is -0.367 e. The lowest BCUT2D eigenvalue weighted by atomic mass is 9.95. The summed E-state index contributed by atoms with van der Waals surface area (Å²) in [5, 5.41) is 3.46. The maximum absolute atomic E-state index is 11.7. The van der Waals surface area contributed by atoms with E-state index >= 15 is 0 Å². The number of pyridine rings is 1. The number of rotatable bonds is 3. The van der Waals surface area contributed by atoms with Gasteiger partial charge in [-0.25, -0.2) is 14.8 Å². The quantitative estimate of drug-likeness (QED) is 0.584. The second kappa shape index (κ2) is 5.95. The summed E-state index contributed by atoms with van der Waals surface area (Å²) in [5.41, 5.74) is 0.171. The third kappa shape index (κ3) is 2.82. The van der Waals surface area contributed by atoms with Crippen molar-refractivity contribution in [3.8, 4) is 11.4 Å². The molecule has 4 N–H and O–H groups in total. The van der Waals surface area contributed by atoms with Crippen molar-refractivity contribution in [3.05, 3.63) is 39.2 Å². The van der Waals surface area contributed by atoms with E-state index in [1.807, 2.05) is 12.1 Å². The molecule has 0 radical (unpaired) electrons. The predicted molar refractivity (Wildman–Crippen MR) is 91.1 cm³/mol. The molecule has 1 saturated carbocycles. The summed E-state index contributed by atoms with van der Waals surface area (Å²) < 4.78 is 0. The van der Waals surface area contributed by atoms with E-state index in [1.165, 1.54) is 32.1 Å². The van der Waals surface area contributed by atoms with E-state index in [9.17, 15) is 9.59 Å². The highest BCUT2D eigenvalue weighted by Crippen LogP contribution is 2.22. The first-order chi connectivity index (χ1) is 11.7. The molecule has 4 rings (SSSR count). The Morgan fingerprint density at radius 2 is 1.88 bits per heavy atom. The van der Waals surface area contributed by atoms with Gasteiger partial charge in [-0.1, -0.05) is 19.3 Å². The van der Waals surface area contributed by atoms with Crippen LogP contribution in [0, 0.1) is 0 Å². The van der Waals surface area contributed by atoms with Crippen molar-refractivity contribution in [2.45, 2.75) is 38.1 Å². The van der Waals surface area contributed by atoms with Gasteiger partial charge in [0.1, 0.15) is 17.2 Å². The highest BCUT2D eigenvalue weighted by molar-refractivity contribution is 5.74. The molecule has 0 spiro atoms. The molecule has 0 aliphatic heterocycles. The van der Waals surface area contributed by atoms with E-state index in [0.29, 0.717) is 11.9 Å². The molecule has 0 atom stereocenters. The number of nitrogens with one attached hydrogen (secondary N) is 4. The fraction of sp³-hybridized carbons (Fsp3) is 0.375. The Morgan fingerprint density at radius 1 is 1.04 bits per heavy atom. The molecule has 0 bridgehead atoms. The van der Waals surface area contributed by atoms with Crippen molar-refractivity contribution in [2.75, 3.05) is 5.32 Å². The van der Waals surface area contributed by atoms with Crippen molar-refractivity contribution in [3.63, 3.8) is 0 Å². The largest absolute Gasteiger partial charge is 0.367 e. The maximum atomic E-state index is 11.7. The van der Waals surface area contributed by atoms with Gasteiger partial charge in [0.15, 0.2) is 5.65 Å². The molecule has 24 heavy (non-hydrogen) atoms. The summed E-state index contributed by atoms with van der Waals surface area (Å²) in [7, 11) is 0. The van der Waals surface area contributed by atoms with Crippen LogP contribution in [-0.4, -0.2) is 31.0 Å². The number of aromatic amines is 3. The van der Waals surface area contributed by atoms with Gasteiger partial charge in [0.05, 0.1) is 0 Å². The molecule has 1 aliphatic carbocycles. The van der Waals surface area contributed by atoms with Crippen LogP contribution in [0.25, 0.3) is 22.6 Å². The maximum Gasteiger partial charge on any atom is 0.327 e. The first-order valence-corrected chi connectivity index (χ1v) is 8.14. The van der Waals surface area contributed by atoms with Gasteiger partial charge in [-0.2, -0.15) is 0 Å². The zero-order valence-electron chi connectivity index (χ0n) is 13.1. The van der Waals surface area contributed by atoms with Gasteiger partial charge in [-0.15, -0.1) is 0 Å². The molecule has 3 heterocycles. The SMILES string of the molecule is O=c1[nH]c(=O)c2[nH]c(-c3ccc(NC4CCCCC4)nc3)nc2[nH]1. The number of hydrogen-bond donors (Lipinski definition) is 4. The number of fused-ring (bicyclic) bond motifs is 1. The highest BCUT2D eigenvalue weighted by Gasteiger charge is 2.14. The highest BCUT2D eigenvalue weighted by atomic mass is 16.2. The number of anilines is 1. The Labute approximate surface area is 136 Å². The standard InChI is InChI=1S/C16H18N6O2/c23-15-12-14(21-16(24)22-15)20-13(19-12)9-6-7-11(17-8-9)18-10-4-2-1-3-5-10/h6-8,10H,1-5H2,(H,17,18)(H3,19,20,21,22,23,24). The summed E-state index contributed by atoms with van der Waals surface area (Å²) in [6.07, 6.45) is 7.92. The smallest absolute Gasteiger partial charge is 0.327 e. The summed E-state index contributed by atoms with van der Waals surface area (Å²) in [4.78, 5) is 39.3. The molecule has 3 aromatic heterocycles. The summed E-state index contributed by atoms with van der Waals surface area (Å²) in [6, 6.07) is 4.29.